The second-order valence-electron chi connectivity index (χ2n) is 7.12. The molecule has 28 heavy (non-hydrogen) atoms. The molecule has 0 atom stereocenters. The molecule has 0 bridgehead atoms. The highest BCUT2D eigenvalue weighted by Gasteiger charge is 2.34. The number of aromatic nitrogens is 1. The van der Waals surface area contributed by atoms with E-state index in [1.54, 1.807) is 25.1 Å². The SMILES string of the molecule is CCN1C(C(=O)Nc2cccc(C#N)n2)=CC(C2CCC(C)CC2)=NS1(=O)=O. The summed E-state index contributed by atoms with van der Waals surface area (Å²) in [6.07, 6.45) is 5.33. The predicted molar refractivity (Wildman–Crippen MR) is 106 cm³/mol. The Bertz CT molecular complexity index is 970. The van der Waals surface area contributed by atoms with Crippen LogP contribution in [0.1, 0.15) is 45.2 Å². The Hall–Kier alpha value is -2.73. The molecule has 2 heterocycles. The lowest BCUT2D eigenvalue weighted by atomic mass is 9.80. The zero-order valence-corrected chi connectivity index (χ0v) is 16.7. The molecule has 0 aromatic carbocycles. The van der Waals surface area contributed by atoms with E-state index in [0.717, 1.165) is 30.0 Å². The number of likely N-dealkylation sites (N-methyl/N-ethyl adjacent to an activating group) is 1. The van der Waals surface area contributed by atoms with Crippen LogP contribution in [0.25, 0.3) is 0 Å². The lowest BCUT2D eigenvalue weighted by Gasteiger charge is -2.31. The first-order valence-corrected chi connectivity index (χ1v) is 10.8. The summed E-state index contributed by atoms with van der Waals surface area (Å²) in [5.74, 6) is 0.251. The van der Waals surface area contributed by atoms with E-state index < -0.39 is 16.1 Å². The number of nitriles is 1. The minimum Gasteiger partial charge on any atom is -0.305 e. The molecule has 8 nitrogen and oxygen atoms in total. The van der Waals surface area contributed by atoms with E-state index in [1.807, 2.05) is 6.07 Å². The number of carbonyl (C=O) groups excluding carboxylic acids is 1. The van der Waals surface area contributed by atoms with Crippen LogP contribution in [0.4, 0.5) is 5.82 Å². The van der Waals surface area contributed by atoms with Crippen LogP contribution in [-0.4, -0.2) is 35.9 Å². The van der Waals surface area contributed by atoms with Crippen LogP contribution in [0.15, 0.2) is 34.4 Å². The zero-order chi connectivity index (χ0) is 20.3. The van der Waals surface area contributed by atoms with Crippen molar-refractivity contribution in [2.45, 2.75) is 39.5 Å². The fourth-order valence-corrected chi connectivity index (χ4v) is 4.83. The number of nitrogens with zero attached hydrogens (tertiary/aromatic N) is 4. The first-order valence-electron chi connectivity index (χ1n) is 9.36. The summed E-state index contributed by atoms with van der Waals surface area (Å²) in [6.45, 7) is 3.92. The molecule has 1 saturated carbocycles. The second-order valence-corrected chi connectivity index (χ2v) is 8.64. The number of hydrogen-bond acceptors (Lipinski definition) is 5. The fraction of sp³-hybridized carbons (Fsp3) is 0.474. The van der Waals surface area contributed by atoms with Crippen molar-refractivity contribution < 1.29 is 13.2 Å². The van der Waals surface area contributed by atoms with E-state index in [-0.39, 0.29) is 29.7 Å². The van der Waals surface area contributed by atoms with Gasteiger partial charge in [0.1, 0.15) is 23.3 Å². The number of hydrogen-bond donors (Lipinski definition) is 1. The van der Waals surface area contributed by atoms with Crippen molar-refractivity contribution in [2.75, 3.05) is 11.9 Å². The minimum atomic E-state index is -3.97. The summed E-state index contributed by atoms with van der Waals surface area (Å²) in [4.78, 5) is 16.9. The van der Waals surface area contributed by atoms with E-state index in [4.69, 9.17) is 5.26 Å². The normalized spacial score (nSPS) is 24.0. The lowest BCUT2D eigenvalue weighted by Crippen LogP contribution is -2.39. The molecular formula is C19H23N5O3S. The van der Waals surface area contributed by atoms with Gasteiger partial charge in [0.15, 0.2) is 0 Å². The third-order valence-corrected chi connectivity index (χ3v) is 6.57. The molecule has 1 aromatic rings. The van der Waals surface area contributed by atoms with E-state index in [1.165, 1.54) is 6.07 Å². The molecule has 1 amide bonds. The first kappa shape index (κ1) is 20.0. The molecule has 0 spiro atoms. The summed E-state index contributed by atoms with van der Waals surface area (Å²) in [7, 11) is -3.97. The van der Waals surface area contributed by atoms with Crippen LogP contribution in [0.3, 0.4) is 0 Å². The highest BCUT2D eigenvalue weighted by atomic mass is 32.2. The van der Waals surface area contributed by atoms with Crippen molar-refractivity contribution in [1.82, 2.24) is 9.29 Å². The Morgan fingerprint density at radius 3 is 2.68 bits per heavy atom. The Balaban J connectivity index is 1.90. The fourth-order valence-electron chi connectivity index (χ4n) is 3.55. The summed E-state index contributed by atoms with van der Waals surface area (Å²) < 4.78 is 30.3. The van der Waals surface area contributed by atoms with E-state index in [0.29, 0.717) is 11.6 Å². The molecule has 1 aliphatic heterocycles. The van der Waals surface area contributed by atoms with Crippen molar-refractivity contribution in [2.24, 2.45) is 16.2 Å². The van der Waals surface area contributed by atoms with Gasteiger partial charge in [0, 0.05) is 12.5 Å². The van der Waals surface area contributed by atoms with Gasteiger partial charge < -0.3 is 5.32 Å². The molecule has 9 heteroatoms. The maximum Gasteiger partial charge on any atom is 0.345 e. The summed E-state index contributed by atoms with van der Waals surface area (Å²) >= 11 is 0. The van der Waals surface area contributed by atoms with Gasteiger partial charge >= 0.3 is 10.2 Å². The Kier molecular flexibility index (Phi) is 5.79. The molecule has 2 aliphatic rings. The highest BCUT2D eigenvalue weighted by molar-refractivity contribution is 7.88. The quantitative estimate of drug-likeness (QED) is 0.832. The van der Waals surface area contributed by atoms with Gasteiger partial charge in [0.05, 0.1) is 5.71 Å². The second kappa shape index (κ2) is 8.10. The van der Waals surface area contributed by atoms with Crippen molar-refractivity contribution in [3.8, 4) is 6.07 Å². The van der Waals surface area contributed by atoms with Crippen LogP contribution in [-0.2, 0) is 15.0 Å². The molecule has 0 saturated heterocycles. The van der Waals surface area contributed by atoms with Crippen LogP contribution >= 0.6 is 0 Å². The molecular weight excluding hydrogens is 378 g/mol. The van der Waals surface area contributed by atoms with Crippen molar-refractivity contribution in [3.63, 3.8) is 0 Å². The van der Waals surface area contributed by atoms with Gasteiger partial charge in [-0.3, -0.25) is 4.79 Å². The standard InChI is InChI=1S/C19H23N5O3S/c1-3-24-17(19(25)22-18-6-4-5-15(12-20)21-18)11-16(23-28(24,26)27)14-9-7-13(2)8-10-14/h4-6,11,13-14H,3,7-10H2,1-2H3,(H,21,22,25). The third-order valence-electron chi connectivity index (χ3n) is 5.11. The third kappa shape index (κ3) is 4.22. The average molecular weight is 401 g/mol. The van der Waals surface area contributed by atoms with E-state index in [2.05, 4.69) is 21.6 Å². The minimum absolute atomic E-state index is 0.0234. The molecule has 1 aliphatic carbocycles. The lowest BCUT2D eigenvalue weighted by molar-refractivity contribution is -0.113. The monoisotopic (exact) mass is 401 g/mol. The Morgan fingerprint density at radius 1 is 1.32 bits per heavy atom. The number of carbonyl (C=O) groups is 1. The Labute approximate surface area is 165 Å². The van der Waals surface area contributed by atoms with Gasteiger partial charge in [-0.25, -0.2) is 9.29 Å². The number of allylic oxidation sites excluding steroid dienone is 1. The molecule has 1 aromatic heterocycles. The molecule has 0 unspecified atom stereocenters. The summed E-state index contributed by atoms with van der Waals surface area (Å²) in [6, 6.07) is 6.57. The van der Waals surface area contributed by atoms with Gasteiger partial charge in [0.2, 0.25) is 0 Å². The van der Waals surface area contributed by atoms with E-state index >= 15 is 0 Å². The van der Waals surface area contributed by atoms with Gasteiger partial charge in [0.25, 0.3) is 5.91 Å². The maximum atomic E-state index is 12.8. The van der Waals surface area contributed by atoms with E-state index in [9.17, 15) is 13.2 Å². The van der Waals surface area contributed by atoms with Crippen LogP contribution in [0.5, 0.6) is 0 Å². The number of pyridine rings is 1. The molecule has 1 fully saturated rings. The van der Waals surface area contributed by atoms with Crippen LogP contribution < -0.4 is 5.32 Å². The topological polar surface area (TPSA) is 116 Å². The van der Waals surface area contributed by atoms with Gasteiger partial charge in [-0.1, -0.05) is 25.8 Å². The number of amides is 1. The summed E-state index contributed by atoms with van der Waals surface area (Å²) in [5.41, 5.74) is 0.629. The Morgan fingerprint density at radius 2 is 2.04 bits per heavy atom. The number of anilines is 1. The number of rotatable bonds is 4. The maximum absolute atomic E-state index is 12.8. The van der Waals surface area contributed by atoms with Crippen molar-refractivity contribution >= 4 is 27.6 Å². The number of nitrogens with one attached hydrogen (secondary N) is 1. The predicted octanol–water partition coefficient (Wildman–Crippen LogP) is 2.62. The molecule has 148 valence electrons. The van der Waals surface area contributed by atoms with Crippen molar-refractivity contribution in [1.29, 1.82) is 5.26 Å². The smallest absolute Gasteiger partial charge is 0.305 e. The molecule has 0 radical (unpaired) electrons. The van der Waals surface area contributed by atoms with Crippen LogP contribution in [0.2, 0.25) is 0 Å². The highest BCUT2D eigenvalue weighted by Crippen LogP contribution is 2.32. The summed E-state index contributed by atoms with van der Waals surface area (Å²) in [5, 5.41) is 11.5. The van der Waals surface area contributed by atoms with Crippen molar-refractivity contribution in [3.05, 3.63) is 35.7 Å². The first-order chi connectivity index (χ1) is 13.3. The molecule has 1 N–H and O–H groups in total. The van der Waals surface area contributed by atoms with Crippen LogP contribution in [0, 0.1) is 23.2 Å². The van der Waals surface area contributed by atoms with Gasteiger partial charge in [-0.05, 0) is 43.9 Å². The largest absolute Gasteiger partial charge is 0.345 e. The average Bonchev–Trinajstić information content (AvgIpc) is 2.67. The van der Waals surface area contributed by atoms with Gasteiger partial charge in [-0.2, -0.15) is 13.7 Å². The zero-order valence-electron chi connectivity index (χ0n) is 15.9. The van der Waals surface area contributed by atoms with Gasteiger partial charge in [-0.15, -0.1) is 4.40 Å². The molecule has 3 rings (SSSR count).